The van der Waals surface area contributed by atoms with Gasteiger partial charge < -0.3 is 29.0 Å². The van der Waals surface area contributed by atoms with Gasteiger partial charge in [0.25, 0.3) is 0 Å². The number of rotatable bonds is 10. The van der Waals surface area contributed by atoms with Crippen molar-refractivity contribution in [3.8, 4) is 5.88 Å². The van der Waals surface area contributed by atoms with Gasteiger partial charge in [0, 0.05) is 27.3 Å². The first-order valence-electron chi connectivity index (χ1n) is 14.3. The third-order valence-corrected chi connectivity index (χ3v) is 7.29. The first-order valence-corrected chi connectivity index (χ1v) is 14.3. The highest BCUT2D eigenvalue weighted by molar-refractivity contribution is 5.82. The van der Waals surface area contributed by atoms with Crippen molar-refractivity contribution in [2.24, 2.45) is 0 Å². The first-order chi connectivity index (χ1) is 21.7. The van der Waals surface area contributed by atoms with E-state index in [1.807, 2.05) is 60.7 Å². The quantitative estimate of drug-likeness (QED) is 0.206. The molecule has 4 aromatic rings. The first kappa shape index (κ1) is 29.8. The minimum absolute atomic E-state index is 0.222. The molecule has 2 aliphatic rings. The number of fused-ring (bicyclic) bond motifs is 4. The van der Waals surface area contributed by atoms with Crippen molar-refractivity contribution >= 4 is 41.1 Å². The van der Waals surface area contributed by atoms with Gasteiger partial charge in [0.1, 0.15) is 25.1 Å². The number of nitrogens with one attached hydrogen (secondary N) is 1. The Labute approximate surface area is 258 Å². The highest BCUT2D eigenvalue weighted by Gasteiger charge is 2.62. The zero-order chi connectivity index (χ0) is 31.6. The summed E-state index contributed by atoms with van der Waals surface area (Å²) < 4.78 is 31.0. The van der Waals surface area contributed by atoms with E-state index in [1.165, 1.54) is 20.8 Å². The molecule has 1 fully saturated rings. The Kier molecular flexibility index (Phi) is 8.18. The fourth-order valence-electron chi connectivity index (χ4n) is 5.47. The van der Waals surface area contributed by atoms with Crippen LogP contribution in [0.25, 0.3) is 17.2 Å². The van der Waals surface area contributed by atoms with Crippen LogP contribution < -0.4 is 10.1 Å². The average Bonchev–Trinajstić information content (AvgIpc) is 3.66. The van der Waals surface area contributed by atoms with E-state index in [1.54, 1.807) is 16.7 Å². The van der Waals surface area contributed by atoms with Gasteiger partial charge in [0.05, 0.1) is 0 Å². The minimum Gasteiger partial charge on any atom is -0.471 e. The number of imidazole rings is 1. The molecule has 45 heavy (non-hydrogen) atoms. The summed E-state index contributed by atoms with van der Waals surface area (Å²) >= 11 is 0. The smallest absolute Gasteiger partial charge is 0.303 e. The van der Waals surface area contributed by atoms with E-state index < -0.39 is 41.9 Å². The van der Waals surface area contributed by atoms with E-state index >= 15 is 0 Å². The van der Waals surface area contributed by atoms with E-state index in [4.69, 9.17) is 33.7 Å². The number of hydrogen-bond donors (Lipinski definition) is 1. The van der Waals surface area contributed by atoms with E-state index in [0.717, 1.165) is 11.1 Å². The van der Waals surface area contributed by atoms with Crippen LogP contribution in [0, 0.1) is 0 Å². The van der Waals surface area contributed by atoms with Crippen molar-refractivity contribution in [1.29, 1.82) is 0 Å². The summed E-state index contributed by atoms with van der Waals surface area (Å²) in [6.45, 7) is 4.12. The van der Waals surface area contributed by atoms with Crippen LogP contribution in [0.1, 0.15) is 37.7 Å². The highest BCUT2D eigenvalue weighted by atomic mass is 16.7. The molecule has 1 N–H and O–H groups in total. The van der Waals surface area contributed by atoms with Crippen molar-refractivity contribution < 1.29 is 38.1 Å². The van der Waals surface area contributed by atoms with Crippen molar-refractivity contribution in [2.45, 2.75) is 58.0 Å². The number of nitrogens with zero attached hydrogens (tertiary/aromatic N) is 4. The summed E-state index contributed by atoms with van der Waals surface area (Å²) in [5, 5.41) is 3.25. The van der Waals surface area contributed by atoms with Crippen molar-refractivity contribution in [2.75, 3.05) is 11.9 Å². The van der Waals surface area contributed by atoms with Crippen LogP contribution in [0.5, 0.6) is 5.88 Å². The van der Waals surface area contributed by atoms with Gasteiger partial charge in [-0.25, -0.2) is 4.98 Å². The predicted octanol–water partition coefficient (Wildman–Crippen LogP) is 3.52. The Morgan fingerprint density at radius 3 is 2.24 bits per heavy atom. The normalized spacial score (nSPS) is 21.4. The van der Waals surface area contributed by atoms with Gasteiger partial charge in [-0.2, -0.15) is 9.97 Å². The highest BCUT2D eigenvalue weighted by Crippen LogP contribution is 2.47. The number of carbonyl (C=O) groups excluding carboxylic acids is 3. The molecule has 13 nitrogen and oxygen atoms in total. The van der Waals surface area contributed by atoms with Gasteiger partial charge in [-0.3, -0.25) is 19.0 Å². The second kappa shape index (κ2) is 12.4. The fourth-order valence-corrected chi connectivity index (χ4v) is 5.47. The lowest BCUT2D eigenvalue weighted by molar-refractivity contribution is -0.170. The maximum atomic E-state index is 12.4. The fraction of sp³-hybridized carbons (Fsp3) is 0.312. The number of esters is 3. The average molecular weight is 614 g/mol. The lowest BCUT2D eigenvalue weighted by Gasteiger charge is -2.31. The van der Waals surface area contributed by atoms with E-state index in [2.05, 4.69) is 10.3 Å². The number of ether oxygens (including phenoxy) is 5. The molecule has 0 amide bonds. The van der Waals surface area contributed by atoms with Gasteiger partial charge in [-0.15, -0.1) is 0 Å². The summed E-state index contributed by atoms with van der Waals surface area (Å²) in [7, 11) is 0. The van der Waals surface area contributed by atoms with Crippen LogP contribution in [-0.4, -0.2) is 62.3 Å². The van der Waals surface area contributed by atoms with Gasteiger partial charge in [0.15, 0.2) is 23.4 Å². The third kappa shape index (κ3) is 6.07. The zero-order valence-corrected chi connectivity index (χ0v) is 24.8. The molecule has 1 saturated heterocycles. The lowest BCUT2D eigenvalue weighted by Crippen LogP contribution is -2.47. The molecular weight excluding hydrogens is 582 g/mol. The molecule has 4 atom stereocenters. The zero-order valence-electron chi connectivity index (χ0n) is 24.8. The summed E-state index contributed by atoms with van der Waals surface area (Å²) in [5.41, 5.74) is 1.04. The Balaban J connectivity index is 1.45. The van der Waals surface area contributed by atoms with Gasteiger partial charge >= 0.3 is 17.9 Å². The molecule has 0 bridgehead atoms. The van der Waals surface area contributed by atoms with Crippen molar-refractivity contribution in [1.82, 2.24) is 19.5 Å². The number of carbonyl (C=O) groups is 3. The van der Waals surface area contributed by atoms with Gasteiger partial charge in [-0.1, -0.05) is 60.7 Å². The van der Waals surface area contributed by atoms with Gasteiger partial charge in [0.2, 0.25) is 17.6 Å². The van der Waals surface area contributed by atoms with Crippen LogP contribution >= 0.6 is 0 Å². The summed E-state index contributed by atoms with van der Waals surface area (Å²) in [6.07, 6.45) is 0.0661. The lowest BCUT2D eigenvalue weighted by atomic mass is 10.0. The molecule has 13 heteroatoms. The van der Waals surface area contributed by atoms with E-state index in [0.29, 0.717) is 23.5 Å². The predicted molar refractivity (Wildman–Crippen MR) is 159 cm³/mol. The summed E-state index contributed by atoms with van der Waals surface area (Å²) in [6, 6.07) is 19.4. The Morgan fingerprint density at radius 1 is 0.889 bits per heavy atom. The maximum absolute atomic E-state index is 12.4. The van der Waals surface area contributed by atoms with Gasteiger partial charge in [-0.05, 0) is 23.3 Å². The minimum atomic E-state index is -1.55. The van der Waals surface area contributed by atoms with Crippen LogP contribution in [0.3, 0.4) is 0 Å². The van der Waals surface area contributed by atoms with Crippen molar-refractivity contribution in [3.63, 3.8) is 0 Å². The molecular formula is C32H31N5O8. The second-order valence-corrected chi connectivity index (χ2v) is 10.6. The molecule has 2 aliphatic heterocycles. The molecule has 0 aliphatic carbocycles. The van der Waals surface area contributed by atoms with Crippen LogP contribution in [-0.2, 0) is 52.2 Å². The third-order valence-electron chi connectivity index (χ3n) is 7.29. The molecule has 0 saturated carbocycles. The maximum Gasteiger partial charge on any atom is 0.303 e. The molecule has 4 heterocycles. The molecule has 0 unspecified atom stereocenters. The molecule has 1 spiro atoms. The molecule has 0 radical (unpaired) electrons. The molecule has 6 rings (SSSR count). The Hall–Kier alpha value is -5.30. The molecule has 2 aromatic heterocycles. The molecule has 232 valence electrons. The van der Waals surface area contributed by atoms with E-state index in [9.17, 15) is 14.4 Å². The Bertz CT molecular complexity index is 1760. The number of aromatic nitrogens is 4. The number of hydrogen-bond acceptors (Lipinski definition) is 12. The van der Waals surface area contributed by atoms with Crippen LogP contribution in [0.2, 0.25) is 0 Å². The number of benzene rings is 2. The second-order valence-electron chi connectivity index (χ2n) is 10.6. The van der Waals surface area contributed by atoms with Crippen LogP contribution in [0.15, 0.2) is 66.7 Å². The summed E-state index contributed by atoms with van der Waals surface area (Å²) in [5.74, 6) is -0.922. The Morgan fingerprint density at radius 2 is 1.58 bits per heavy atom. The largest absolute Gasteiger partial charge is 0.471 e. The molecule has 2 aromatic carbocycles. The summed E-state index contributed by atoms with van der Waals surface area (Å²) in [4.78, 5) is 50.5. The SMILES string of the molecule is CC(=O)OC[C@H]1O[C@]2(C=Cc3nc4c(OCc5ccccc5)nc(NCc5ccccc5)nc4n32)[C@H](OC(C)=O)[C@@H]1OC(C)=O. The van der Waals surface area contributed by atoms with Crippen molar-refractivity contribution in [3.05, 3.63) is 83.7 Å². The monoisotopic (exact) mass is 613 g/mol. The topological polar surface area (TPSA) is 153 Å². The standard InChI is InChI=1S/C32H31N5O8/c1-19(38)41-18-24-27(43-20(2)39)28(44-21(3)40)32(45-24)15-14-25-34-26-29(37(25)32)35-31(33-16-22-10-6-4-7-11-22)36-30(26)42-17-23-12-8-5-9-13-23/h4-15,24,27-28H,16-18H2,1-3H3,(H,33,35,36)/t24-,27-,28-,32-/m1/s1. The van der Waals surface area contributed by atoms with E-state index in [-0.39, 0.29) is 25.0 Å². The van der Waals surface area contributed by atoms with Crippen LogP contribution in [0.4, 0.5) is 5.95 Å². The number of anilines is 1.